The Morgan fingerprint density at radius 1 is 1.17 bits per heavy atom. The highest BCUT2D eigenvalue weighted by Crippen LogP contribution is 2.20. The Bertz CT molecular complexity index is 1000. The normalized spacial score (nSPS) is 13.0. The van der Waals surface area contributed by atoms with Crippen LogP contribution in [-0.2, 0) is 9.59 Å². The van der Waals surface area contributed by atoms with E-state index in [9.17, 15) is 23.6 Å². The van der Waals surface area contributed by atoms with Gasteiger partial charge >= 0.3 is 5.63 Å². The summed E-state index contributed by atoms with van der Waals surface area (Å²) in [4.78, 5) is 49.2. The average Bonchev–Trinajstić information content (AvgIpc) is 2.73. The number of methoxy groups -OCH3 is 1. The van der Waals surface area contributed by atoms with Gasteiger partial charge in [0.15, 0.2) is 5.78 Å². The molecule has 0 bridgehead atoms. The Kier molecular flexibility index (Phi) is 7.68. The van der Waals surface area contributed by atoms with Crippen LogP contribution in [0.25, 0.3) is 11.0 Å². The van der Waals surface area contributed by atoms with Crippen molar-refractivity contribution in [2.24, 2.45) is 5.92 Å². The summed E-state index contributed by atoms with van der Waals surface area (Å²) in [6, 6.07) is 4.16. The molecule has 0 saturated carbocycles. The molecule has 2 atom stereocenters. The zero-order valence-electron chi connectivity index (χ0n) is 17.3. The Morgan fingerprint density at radius 2 is 1.87 bits per heavy atom. The lowest BCUT2D eigenvalue weighted by atomic mass is 10.0. The van der Waals surface area contributed by atoms with Gasteiger partial charge in [0, 0.05) is 11.5 Å². The number of hydrogen-bond donors (Lipinski definition) is 2. The van der Waals surface area contributed by atoms with E-state index in [4.69, 9.17) is 9.15 Å². The number of Topliss-reactive ketones (excluding diaryl/α,β-unsaturated/α-hetero) is 1. The van der Waals surface area contributed by atoms with Gasteiger partial charge in [-0.05, 0) is 30.5 Å². The summed E-state index contributed by atoms with van der Waals surface area (Å²) < 4.78 is 22.9. The average molecular weight is 420 g/mol. The zero-order valence-corrected chi connectivity index (χ0v) is 17.3. The number of benzene rings is 1. The van der Waals surface area contributed by atoms with E-state index in [0.717, 1.165) is 0 Å². The third-order valence-corrected chi connectivity index (χ3v) is 4.67. The summed E-state index contributed by atoms with van der Waals surface area (Å²) in [5, 5.41) is 5.47. The molecular weight excluding hydrogens is 395 g/mol. The van der Waals surface area contributed by atoms with Gasteiger partial charge in [-0.15, -0.1) is 0 Å². The predicted octanol–water partition coefficient (Wildman–Crippen LogP) is 1.99. The van der Waals surface area contributed by atoms with Crippen LogP contribution in [0.1, 0.15) is 37.6 Å². The molecule has 0 spiro atoms. The lowest BCUT2D eigenvalue weighted by Crippen LogP contribution is -2.54. The number of carbonyl (C=O) groups excluding carboxylic acids is 3. The molecule has 0 radical (unpaired) electrons. The second-order valence-corrected chi connectivity index (χ2v) is 7.12. The van der Waals surface area contributed by atoms with Crippen LogP contribution in [0.3, 0.4) is 0 Å². The van der Waals surface area contributed by atoms with Crippen molar-refractivity contribution in [1.29, 1.82) is 0 Å². The highest BCUT2D eigenvalue weighted by molar-refractivity contribution is 6.00. The number of alkyl halides is 1. The fourth-order valence-electron chi connectivity index (χ4n) is 2.90. The Labute approximate surface area is 172 Å². The van der Waals surface area contributed by atoms with Crippen LogP contribution in [0, 0.1) is 5.92 Å². The van der Waals surface area contributed by atoms with E-state index < -0.39 is 42.0 Å². The molecule has 0 saturated heterocycles. The van der Waals surface area contributed by atoms with Crippen molar-refractivity contribution in [3.63, 3.8) is 0 Å². The van der Waals surface area contributed by atoms with Gasteiger partial charge in [-0.1, -0.05) is 20.8 Å². The number of nitrogens with one attached hydrogen (secondary N) is 2. The molecule has 30 heavy (non-hydrogen) atoms. The molecule has 8 nitrogen and oxygen atoms in total. The smallest absolute Gasteiger partial charge is 0.349 e. The first-order chi connectivity index (χ1) is 14.2. The standard InChI is InChI=1S/C21H25FN2O6/c1-5-15(16(25)10-22)23-20(27)18(11(2)3)24-19(26)14-8-12-6-7-13(29-4)9-17(12)30-21(14)28/h6-9,11,15,18H,5,10H2,1-4H3,(H,23,27)(H,24,26)/t15?,18-/m0/s1. The molecule has 162 valence electrons. The van der Waals surface area contributed by atoms with Crippen LogP contribution >= 0.6 is 0 Å². The minimum atomic E-state index is -1.19. The number of amides is 2. The first kappa shape index (κ1) is 23.1. The Morgan fingerprint density at radius 3 is 2.43 bits per heavy atom. The van der Waals surface area contributed by atoms with E-state index in [-0.39, 0.29) is 23.5 Å². The monoisotopic (exact) mass is 420 g/mol. The lowest BCUT2D eigenvalue weighted by Gasteiger charge is -2.24. The van der Waals surface area contributed by atoms with Gasteiger partial charge in [-0.25, -0.2) is 9.18 Å². The molecule has 0 aliphatic heterocycles. The Hall–Kier alpha value is -3.23. The van der Waals surface area contributed by atoms with E-state index in [2.05, 4.69) is 10.6 Å². The molecule has 1 aromatic heterocycles. The lowest BCUT2D eigenvalue weighted by molar-refractivity contribution is -0.129. The summed E-state index contributed by atoms with van der Waals surface area (Å²) in [5.41, 5.74) is -0.877. The number of carbonyl (C=O) groups is 3. The van der Waals surface area contributed by atoms with Crippen LogP contribution in [0.15, 0.2) is 33.5 Å². The van der Waals surface area contributed by atoms with Crippen LogP contribution < -0.4 is 21.0 Å². The maximum Gasteiger partial charge on any atom is 0.349 e. The third-order valence-electron chi connectivity index (χ3n) is 4.67. The first-order valence-electron chi connectivity index (χ1n) is 9.53. The van der Waals surface area contributed by atoms with Crippen molar-refractivity contribution in [3.8, 4) is 5.75 Å². The van der Waals surface area contributed by atoms with Gasteiger partial charge in [0.05, 0.1) is 13.2 Å². The van der Waals surface area contributed by atoms with E-state index in [0.29, 0.717) is 11.1 Å². The topological polar surface area (TPSA) is 115 Å². The summed E-state index contributed by atoms with van der Waals surface area (Å²) in [5.74, 6) is -2.04. The molecule has 0 aliphatic rings. The van der Waals surface area contributed by atoms with E-state index in [1.807, 2.05) is 0 Å². The van der Waals surface area contributed by atoms with Crippen molar-refractivity contribution >= 4 is 28.6 Å². The SMILES string of the molecule is CCC(NC(=O)[C@@H](NC(=O)c1cc2ccc(OC)cc2oc1=O)C(C)C)C(=O)CF. The van der Waals surface area contributed by atoms with Crippen LogP contribution in [0.5, 0.6) is 5.75 Å². The molecule has 1 unspecified atom stereocenters. The number of fused-ring (bicyclic) bond motifs is 1. The minimum Gasteiger partial charge on any atom is -0.497 e. The molecule has 2 amide bonds. The fraction of sp³-hybridized carbons (Fsp3) is 0.429. The largest absolute Gasteiger partial charge is 0.497 e. The summed E-state index contributed by atoms with van der Waals surface area (Å²) in [7, 11) is 1.47. The molecule has 2 rings (SSSR count). The second-order valence-electron chi connectivity index (χ2n) is 7.12. The molecule has 0 aliphatic carbocycles. The van der Waals surface area contributed by atoms with Gasteiger partial charge in [-0.2, -0.15) is 0 Å². The van der Waals surface area contributed by atoms with E-state index >= 15 is 0 Å². The third kappa shape index (κ3) is 5.22. The second kappa shape index (κ2) is 10.00. The quantitative estimate of drug-likeness (QED) is 0.600. The van der Waals surface area contributed by atoms with Crippen LogP contribution in [0.2, 0.25) is 0 Å². The summed E-state index contributed by atoms with van der Waals surface area (Å²) in [6.07, 6.45) is 0.213. The molecule has 2 aromatic rings. The summed E-state index contributed by atoms with van der Waals surface area (Å²) >= 11 is 0. The predicted molar refractivity (Wildman–Crippen MR) is 108 cm³/mol. The molecule has 1 aromatic carbocycles. The first-order valence-corrected chi connectivity index (χ1v) is 9.53. The van der Waals surface area contributed by atoms with Crippen LogP contribution in [0.4, 0.5) is 4.39 Å². The summed E-state index contributed by atoms with van der Waals surface area (Å²) in [6.45, 7) is 3.83. The van der Waals surface area contributed by atoms with Gasteiger partial charge < -0.3 is 19.8 Å². The van der Waals surface area contributed by atoms with Crippen LogP contribution in [-0.4, -0.2) is 43.5 Å². The van der Waals surface area contributed by atoms with Crippen molar-refractivity contribution < 1.29 is 27.9 Å². The van der Waals surface area contributed by atoms with Gasteiger partial charge in [0.25, 0.3) is 5.91 Å². The molecule has 9 heteroatoms. The van der Waals surface area contributed by atoms with Crippen molar-refractivity contribution in [1.82, 2.24) is 10.6 Å². The number of ether oxygens (including phenoxy) is 1. The number of hydrogen-bond acceptors (Lipinski definition) is 6. The van der Waals surface area contributed by atoms with Gasteiger partial charge in [-0.3, -0.25) is 14.4 Å². The fourth-order valence-corrected chi connectivity index (χ4v) is 2.90. The van der Waals surface area contributed by atoms with Crippen molar-refractivity contribution in [2.45, 2.75) is 39.3 Å². The van der Waals surface area contributed by atoms with Crippen molar-refractivity contribution in [3.05, 3.63) is 40.2 Å². The number of ketones is 1. The Balaban J connectivity index is 2.26. The number of rotatable bonds is 9. The van der Waals surface area contributed by atoms with Crippen molar-refractivity contribution in [2.75, 3.05) is 13.8 Å². The number of halogens is 1. The highest BCUT2D eigenvalue weighted by Gasteiger charge is 2.29. The molecule has 1 heterocycles. The highest BCUT2D eigenvalue weighted by atomic mass is 19.1. The maximum absolute atomic E-state index is 12.7. The van der Waals surface area contributed by atoms with E-state index in [1.54, 1.807) is 32.9 Å². The maximum atomic E-state index is 12.7. The molecule has 2 N–H and O–H groups in total. The minimum absolute atomic E-state index is 0.213. The van der Waals surface area contributed by atoms with Gasteiger partial charge in [0.2, 0.25) is 5.91 Å². The molecular formula is C21H25FN2O6. The van der Waals surface area contributed by atoms with E-state index in [1.165, 1.54) is 19.2 Å². The zero-order chi connectivity index (χ0) is 22.4. The van der Waals surface area contributed by atoms with Gasteiger partial charge in [0.1, 0.15) is 29.6 Å². The molecule has 0 fully saturated rings.